The quantitative estimate of drug-likeness (QED) is 0.208. The molecule has 0 saturated heterocycles. The maximum atomic E-state index is 6.32. The first-order valence-electron chi connectivity index (χ1n) is 15.6. The lowest BCUT2D eigenvalue weighted by molar-refractivity contribution is 0.545. The molecule has 0 fully saturated rings. The van der Waals surface area contributed by atoms with E-state index in [0.29, 0.717) is 17.5 Å². The highest BCUT2D eigenvalue weighted by Crippen LogP contribution is 2.42. The summed E-state index contributed by atoms with van der Waals surface area (Å²) in [5.41, 5.74) is 10.2. The average Bonchev–Trinajstić information content (AvgIpc) is 3.50. The Hall–Kier alpha value is -5.61. The number of para-hydroxylation sites is 1. The van der Waals surface area contributed by atoms with Gasteiger partial charge in [-0.3, -0.25) is 0 Å². The van der Waals surface area contributed by atoms with Crippen molar-refractivity contribution in [3.63, 3.8) is 0 Å². The van der Waals surface area contributed by atoms with Crippen molar-refractivity contribution < 1.29 is 4.42 Å². The summed E-state index contributed by atoms with van der Waals surface area (Å²) in [6, 6.07) is 38.1. The zero-order valence-corrected chi connectivity index (χ0v) is 24.7. The number of benzene rings is 5. The second-order valence-corrected chi connectivity index (χ2v) is 11.8. The van der Waals surface area contributed by atoms with E-state index in [1.807, 2.05) is 24.3 Å². The monoisotopic (exact) mass is 579 g/mol. The fourth-order valence-electron chi connectivity index (χ4n) is 6.91. The molecule has 0 atom stereocenters. The van der Waals surface area contributed by atoms with Crippen LogP contribution in [0, 0.1) is 0 Å². The molecule has 2 aliphatic carbocycles. The Bertz CT molecular complexity index is 2330. The van der Waals surface area contributed by atoms with E-state index < -0.39 is 0 Å². The molecule has 2 aliphatic rings. The van der Waals surface area contributed by atoms with Crippen LogP contribution in [-0.4, -0.2) is 15.0 Å². The van der Waals surface area contributed by atoms with Gasteiger partial charge < -0.3 is 4.42 Å². The van der Waals surface area contributed by atoms with E-state index in [0.717, 1.165) is 59.1 Å². The van der Waals surface area contributed by atoms with E-state index in [9.17, 15) is 0 Å². The minimum Gasteiger partial charge on any atom is -0.460 e. The molecule has 4 heteroatoms. The molecule has 7 aromatic rings. The number of nitrogens with zero attached hydrogens (tertiary/aromatic N) is 3. The number of aryl methyl sites for hydroxylation is 2. The Morgan fingerprint density at radius 2 is 1.27 bits per heavy atom. The van der Waals surface area contributed by atoms with Gasteiger partial charge in [0, 0.05) is 34.1 Å². The largest absolute Gasteiger partial charge is 0.460 e. The number of furan rings is 1. The Morgan fingerprint density at radius 1 is 0.556 bits per heavy atom. The van der Waals surface area contributed by atoms with Gasteiger partial charge in [-0.25, -0.2) is 15.0 Å². The Kier molecular flexibility index (Phi) is 6.05. The highest BCUT2D eigenvalue weighted by atomic mass is 16.3. The van der Waals surface area contributed by atoms with Crippen molar-refractivity contribution in [2.24, 2.45) is 0 Å². The number of hydrogen-bond acceptors (Lipinski definition) is 4. The highest BCUT2D eigenvalue weighted by Gasteiger charge is 2.24. The van der Waals surface area contributed by atoms with Crippen LogP contribution in [0.4, 0.5) is 0 Å². The molecule has 5 aromatic carbocycles. The number of hydrogen-bond donors (Lipinski definition) is 0. The van der Waals surface area contributed by atoms with Crippen molar-refractivity contribution in [2.45, 2.75) is 25.7 Å². The van der Waals surface area contributed by atoms with Crippen LogP contribution in [0.1, 0.15) is 40.9 Å². The molecular formula is C41H29N3O. The molecule has 0 bridgehead atoms. The maximum Gasteiger partial charge on any atom is 0.164 e. The van der Waals surface area contributed by atoms with Crippen LogP contribution < -0.4 is 0 Å². The number of fused-ring (bicyclic) bond motifs is 5. The van der Waals surface area contributed by atoms with Crippen LogP contribution in [-0.2, 0) is 12.8 Å². The van der Waals surface area contributed by atoms with Gasteiger partial charge in [0.1, 0.15) is 11.3 Å². The van der Waals surface area contributed by atoms with Gasteiger partial charge in [0.05, 0.1) is 0 Å². The molecule has 2 aromatic heterocycles. The van der Waals surface area contributed by atoms with Gasteiger partial charge in [-0.1, -0.05) is 109 Å². The third-order valence-corrected chi connectivity index (χ3v) is 9.06. The molecule has 9 rings (SSSR count). The van der Waals surface area contributed by atoms with Gasteiger partial charge in [-0.15, -0.1) is 0 Å². The van der Waals surface area contributed by atoms with Crippen molar-refractivity contribution in [1.82, 2.24) is 15.0 Å². The minimum atomic E-state index is 0.672. The van der Waals surface area contributed by atoms with Gasteiger partial charge in [0.2, 0.25) is 0 Å². The molecule has 0 amide bonds. The van der Waals surface area contributed by atoms with Crippen LogP contribution in [0.2, 0.25) is 0 Å². The number of rotatable bonds is 4. The van der Waals surface area contributed by atoms with Gasteiger partial charge in [0.25, 0.3) is 0 Å². The summed E-state index contributed by atoms with van der Waals surface area (Å²) in [4.78, 5) is 15.2. The van der Waals surface area contributed by atoms with Crippen molar-refractivity contribution in [1.29, 1.82) is 0 Å². The molecule has 214 valence electrons. The normalized spacial score (nSPS) is 13.9. The van der Waals surface area contributed by atoms with Crippen molar-refractivity contribution in [3.05, 3.63) is 149 Å². The van der Waals surface area contributed by atoms with Crippen LogP contribution >= 0.6 is 0 Å². The topological polar surface area (TPSA) is 51.8 Å². The molecule has 0 radical (unpaired) electrons. The standard InChI is InChI=1S/C41H29N3O/c1-2-12-27(13-3-1)39-42-40(29-22-21-26-11-4-5-14-28(26)25-29)44-41(43-39)34-24-23-32(30-15-6-7-16-31(30)34)33-18-10-20-37-38(33)35-17-8-9-19-36(35)45-37/h1-4,6-9,11-13,15-19,21-25H,5,10,14,20H2. The fourth-order valence-corrected chi connectivity index (χ4v) is 6.91. The predicted octanol–water partition coefficient (Wildman–Crippen LogP) is 10.1. The molecule has 0 aliphatic heterocycles. The molecule has 0 unspecified atom stereocenters. The summed E-state index contributed by atoms with van der Waals surface area (Å²) in [5.74, 6) is 3.10. The second kappa shape index (κ2) is 10.5. The van der Waals surface area contributed by atoms with Gasteiger partial charge >= 0.3 is 0 Å². The third-order valence-electron chi connectivity index (χ3n) is 9.06. The summed E-state index contributed by atoms with van der Waals surface area (Å²) in [6.45, 7) is 0. The number of allylic oxidation sites excluding steroid dienone is 2. The van der Waals surface area contributed by atoms with E-state index in [-0.39, 0.29) is 0 Å². The first kappa shape index (κ1) is 25.8. The van der Waals surface area contributed by atoms with Crippen LogP contribution in [0.15, 0.2) is 126 Å². The number of aromatic nitrogens is 3. The molecule has 2 heterocycles. The summed E-state index contributed by atoms with van der Waals surface area (Å²) >= 11 is 0. The summed E-state index contributed by atoms with van der Waals surface area (Å²) in [7, 11) is 0. The third kappa shape index (κ3) is 4.41. The van der Waals surface area contributed by atoms with E-state index in [2.05, 4.69) is 103 Å². The second-order valence-electron chi connectivity index (χ2n) is 11.8. The van der Waals surface area contributed by atoms with Gasteiger partial charge in [-0.2, -0.15) is 0 Å². The summed E-state index contributed by atoms with van der Waals surface area (Å²) in [5, 5.41) is 3.45. The van der Waals surface area contributed by atoms with Crippen LogP contribution in [0.25, 0.3) is 67.6 Å². The van der Waals surface area contributed by atoms with E-state index in [1.165, 1.54) is 38.6 Å². The van der Waals surface area contributed by atoms with E-state index in [1.54, 1.807) is 0 Å². The van der Waals surface area contributed by atoms with E-state index >= 15 is 0 Å². The molecule has 0 spiro atoms. The summed E-state index contributed by atoms with van der Waals surface area (Å²) in [6.07, 6.45) is 10.8. The maximum absolute atomic E-state index is 6.32. The first-order valence-corrected chi connectivity index (χ1v) is 15.6. The first-order chi connectivity index (χ1) is 22.3. The average molecular weight is 580 g/mol. The lowest BCUT2D eigenvalue weighted by Gasteiger charge is -2.18. The Balaban J connectivity index is 1.24. The SMILES string of the molecule is C1=Cc2ccc(-c3nc(-c4ccccc4)nc(-c4ccc(C5=CCCc6oc7ccccc7c65)c5ccccc45)n3)cc2CC1. The highest BCUT2D eigenvalue weighted by molar-refractivity contribution is 6.07. The van der Waals surface area contributed by atoms with Crippen molar-refractivity contribution in [3.8, 4) is 34.2 Å². The minimum absolute atomic E-state index is 0.672. The lowest BCUT2D eigenvalue weighted by atomic mass is 9.86. The fraction of sp³-hybridized carbons (Fsp3) is 0.0976. The Morgan fingerprint density at radius 3 is 2.13 bits per heavy atom. The van der Waals surface area contributed by atoms with E-state index in [4.69, 9.17) is 19.4 Å². The van der Waals surface area contributed by atoms with Crippen molar-refractivity contribution in [2.75, 3.05) is 0 Å². The zero-order chi connectivity index (χ0) is 29.7. The predicted molar refractivity (Wildman–Crippen MR) is 183 cm³/mol. The summed E-state index contributed by atoms with van der Waals surface area (Å²) < 4.78 is 6.32. The van der Waals surface area contributed by atoms with Crippen molar-refractivity contribution >= 4 is 33.4 Å². The molecule has 0 saturated carbocycles. The molecule has 4 nitrogen and oxygen atoms in total. The Labute approximate surface area is 261 Å². The molecule has 0 N–H and O–H groups in total. The van der Waals surface area contributed by atoms with Crippen LogP contribution in [0.5, 0.6) is 0 Å². The van der Waals surface area contributed by atoms with Crippen LogP contribution in [0.3, 0.4) is 0 Å². The zero-order valence-electron chi connectivity index (χ0n) is 24.7. The smallest absolute Gasteiger partial charge is 0.164 e. The molecule has 45 heavy (non-hydrogen) atoms. The van der Waals surface area contributed by atoms with Gasteiger partial charge in [0.15, 0.2) is 17.5 Å². The molecular weight excluding hydrogens is 550 g/mol. The van der Waals surface area contributed by atoms with Gasteiger partial charge in [-0.05, 0) is 70.5 Å². The lowest BCUT2D eigenvalue weighted by Crippen LogP contribution is -2.03.